The van der Waals surface area contributed by atoms with Gasteiger partial charge in [0, 0.05) is 17.6 Å². The molecule has 0 saturated carbocycles. The van der Waals surface area contributed by atoms with E-state index in [0.29, 0.717) is 17.3 Å². The lowest BCUT2D eigenvalue weighted by Crippen LogP contribution is -2.38. The van der Waals surface area contributed by atoms with Crippen LogP contribution in [0.5, 0.6) is 5.75 Å². The van der Waals surface area contributed by atoms with Crippen molar-refractivity contribution in [1.29, 1.82) is 0 Å². The fourth-order valence-electron chi connectivity index (χ4n) is 1.21. The van der Waals surface area contributed by atoms with Gasteiger partial charge >= 0.3 is 0 Å². The fourth-order valence-corrected chi connectivity index (χ4v) is 1.39. The van der Waals surface area contributed by atoms with Crippen LogP contribution in [0.25, 0.3) is 0 Å². The van der Waals surface area contributed by atoms with Gasteiger partial charge < -0.3 is 20.3 Å². The van der Waals surface area contributed by atoms with Crippen LogP contribution in [-0.2, 0) is 0 Å². The first-order valence-electron chi connectivity index (χ1n) is 5.52. The van der Waals surface area contributed by atoms with E-state index in [1.54, 1.807) is 24.3 Å². The van der Waals surface area contributed by atoms with Crippen LogP contribution >= 0.6 is 11.6 Å². The molecule has 0 aliphatic heterocycles. The summed E-state index contributed by atoms with van der Waals surface area (Å²) in [5, 5.41) is 22.0. The van der Waals surface area contributed by atoms with Gasteiger partial charge in [0.05, 0.1) is 6.61 Å². The molecule has 3 N–H and O–H groups in total. The zero-order chi connectivity index (χ0) is 12.7. The van der Waals surface area contributed by atoms with E-state index in [0.717, 1.165) is 0 Å². The molecule has 0 saturated heterocycles. The van der Waals surface area contributed by atoms with Crippen LogP contribution in [-0.4, -0.2) is 42.1 Å². The van der Waals surface area contributed by atoms with Crippen LogP contribution in [0.2, 0.25) is 5.02 Å². The monoisotopic (exact) mass is 259 g/mol. The number of benzene rings is 1. The molecule has 0 heterocycles. The van der Waals surface area contributed by atoms with Crippen molar-refractivity contribution in [3.8, 4) is 5.75 Å². The van der Waals surface area contributed by atoms with Gasteiger partial charge in [0.15, 0.2) is 0 Å². The SMILES string of the molecule is CC(CO)NCC(O)COc1cccc(Cl)c1. The van der Waals surface area contributed by atoms with Gasteiger partial charge in [-0.05, 0) is 25.1 Å². The Labute approximate surface area is 106 Å². The molecule has 0 aromatic heterocycles. The lowest BCUT2D eigenvalue weighted by molar-refractivity contribution is 0.101. The Hall–Kier alpha value is -0.810. The summed E-state index contributed by atoms with van der Waals surface area (Å²) in [5.41, 5.74) is 0. The van der Waals surface area contributed by atoms with Gasteiger partial charge in [-0.15, -0.1) is 0 Å². The standard InChI is InChI=1S/C12H18ClNO3/c1-9(7-15)14-6-11(16)8-17-12-4-2-3-10(13)5-12/h2-5,9,11,14-16H,6-8H2,1H3. The molecule has 2 atom stereocenters. The van der Waals surface area contributed by atoms with Crippen molar-refractivity contribution >= 4 is 11.6 Å². The second kappa shape index (κ2) is 7.50. The molecular formula is C12H18ClNO3. The summed E-state index contributed by atoms with van der Waals surface area (Å²) < 4.78 is 5.38. The number of hydrogen-bond donors (Lipinski definition) is 3. The summed E-state index contributed by atoms with van der Waals surface area (Å²) in [6.07, 6.45) is -0.622. The Balaban J connectivity index is 2.26. The van der Waals surface area contributed by atoms with Crippen molar-refractivity contribution in [3.63, 3.8) is 0 Å². The van der Waals surface area contributed by atoms with Gasteiger partial charge in [0.2, 0.25) is 0 Å². The van der Waals surface area contributed by atoms with Crippen molar-refractivity contribution < 1.29 is 14.9 Å². The first kappa shape index (κ1) is 14.3. The normalized spacial score (nSPS) is 14.4. The zero-order valence-electron chi connectivity index (χ0n) is 9.77. The highest BCUT2D eigenvalue weighted by Crippen LogP contribution is 2.17. The second-order valence-corrected chi connectivity index (χ2v) is 4.35. The first-order valence-corrected chi connectivity index (χ1v) is 5.90. The second-order valence-electron chi connectivity index (χ2n) is 3.91. The summed E-state index contributed by atoms with van der Waals surface area (Å²) in [6.45, 7) is 2.44. The lowest BCUT2D eigenvalue weighted by atomic mass is 10.3. The van der Waals surface area contributed by atoms with Gasteiger partial charge in [-0.25, -0.2) is 0 Å². The predicted molar refractivity (Wildman–Crippen MR) is 67.5 cm³/mol. The highest BCUT2D eigenvalue weighted by atomic mass is 35.5. The van der Waals surface area contributed by atoms with Crippen LogP contribution in [0, 0.1) is 0 Å². The molecular weight excluding hydrogens is 242 g/mol. The van der Waals surface area contributed by atoms with E-state index in [1.165, 1.54) is 0 Å². The van der Waals surface area contributed by atoms with Crippen LogP contribution in [0.3, 0.4) is 0 Å². The molecule has 0 radical (unpaired) electrons. The van der Waals surface area contributed by atoms with Gasteiger partial charge in [-0.1, -0.05) is 17.7 Å². The van der Waals surface area contributed by atoms with Crippen LogP contribution in [0.4, 0.5) is 0 Å². The molecule has 96 valence electrons. The topological polar surface area (TPSA) is 61.7 Å². The maximum Gasteiger partial charge on any atom is 0.120 e. The van der Waals surface area contributed by atoms with Crippen LogP contribution in [0.15, 0.2) is 24.3 Å². The molecule has 1 aromatic rings. The highest BCUT2D eigenvalue weighted by Gasteiger charge is 2.07. The Bertz CT molecular complexity index is 335. The van der Waals surface area contributed by atoms with E-state index in [1.807, 2.05) is 6.92 Å². The third kappa shape index (κ3) is 5.89. The maximum absolute atomic E-state index is 9.62. The summed E-state index contributed by atoms with van der Waals surface area (Å²) >= 11 is 5.80. The number of aliphatic hydroxyl groups excluding tert-OH is 2. The molecule has 0 aliphatic rings. The predicted octanol–water partition coefficient (Wildman–Crippen LogP) is 1.05. The Morgan fingerprint density at radius 1 is 1.47 bits per heavy atom. The van der Waals surface area contributed by atoms with Crippen molar-refractivity contribution in [2.45, 2.75) is 19.1 Å². The number of halogens is 1. The summed E-state index contributed by atoms with van der Waals surface area (Å²) in [4.78, 5) is 0. The average molecular weight is 260 g/mol. The number of rotatable bonds is 7. The minimum absolute atomic E-state index is 0.0316. The molecule has 0 spiro atoms. The van der Waals surface area contributed by atoms with E-state index in [9.17, 15) is 5.11 Å². The van der Waals surface area contributed by atoms with Crippen molar-refractivity contribution in [2.75, 3.05) is 19.8 Å². The Morgan fingerprint density at radius 2 is 2.24 bits per heavy atom. The van der Waals surface area contributed by atoms with Gasteiger partial charge in [0.25, 0.3) is 0 Å². The number of nitrogens with one attached hydrogen (secondary N) is 1. The Morgan fingerprint density at radius 3 is 2.88 bits per heavy atom. The first-order chi connectivity index (χ1) is 8.11. The van der Waals surface area contributed by atoms with Gasteiger partial charge in [-0.2, -0.15) is 0 Å². The molecule has 2 unspecified atom stereocenters. The Kier molecular flexibility index (Phi) is 6.29. The molecule has 1 rings (SSSR count). The molecule has 5 heteroatoms. The smallest absolute Gasteiger partial charge is 0.120 e. The van der Waals surface area contributed by atoms with E-state index >= 15 is 0 Å². The van der Waals surface area contributed by atoms with Gasteiger partial charge in [0.1, 0.15) is 18.5 Å². The van der Waals surface area contributed by atoms with Crippen LogP contribution in [0.1, 0.15) is 6.92 Å². The largest absolute Gasteiger partial charge is 0.491 e. The van der Waals surface area contributed by atoms with Crippen molar-refractivity contribution in [2.24, 2.45) is 0 Å². The minimum atomic E-state index is -0.622. The third-order valence-electron chi connectivity index (χ3n) is 2.21. The molecule has 4 nitrogen and oxygen atoms in total. The minimum Gasteiger partial charge on any atom is -0.491 e. The van der Waals surface area contributed by atoms with Crippen LogP contribution < -0.4 is 10.1 Å². The quantitative estimate of drug-likeness (QED) is 0.685. The summed E-state index contributed by atoms with van der Waals surface area (Å²) in [5.74, 6) is 0.631. The average Bonchev–Trinajstić information content (AvgIpc) is 2.33. The van der Waals surface area contributed by atoms with E-state index in [-0.39, 0.29) is 19.3 Å². The number of hydrogen-bond acceptors (Lipinski definition) is 4. The maximum atomic E-state index is 9.62. The zero-order valence-corrected chi connectivity index (χ0v) is 10.5. The number of aliphatic hydroxyl groups is 2. The molecule has 1 aromatic carbocycles. The molecule has 17 heavy (non-hydrogen) atoms. The molecule has 0 fully saturated rings. The number of ether oxygens (including phenoxy) is 1. The van der Waals surface area contributed by atoms with Gasteiger partial charge in [-0.3, -0.25) is 0 Å². The van der Waals surface area contributed by atoms with E-state index in [2.05, 4.69) is 5.32 Å². The highest BCUT2D eigenvalue weighted by molar-refractivity contribution is 6.30. The molecule has 0 bridgehead atoms. The summed E-state index contributed by atoms with van der Waals surface area (Å²) in [7, 11) is 0. The van der Waals surface area contributed by atoms with E-state index < -0.39 is 6.10 Å². The fraction of sp³-hybridized carbons (Fsp3) is 0.500. The van der Waals surface area contributed by atoms with Crippen molar-refractivity contribution in [1.82, 2.24) is 5.32 Å². The third-order valence-corrected chi connectivity index (χ3v) is 2.45. The van der Waals surface area contributed by atoms with E-state index in [4.69, 9.17) is 21.4 Å². The molecule has 0 aliphatic carbocycles. The molecule has 0 amide bonds. The lowest BCUT2D eigenvalue weighted by Gasteiger charge is -2.16. The van der Waals surface area contributed by atoms with Crippen molar-refractivity contribution in [3.05, 3.63) is 29.3 Å². The summed E-state index contributed by atoms with van der Waals surface area (Å²) in [6, 6.07) is 6.99.